The molecule has 5 heterocycles. The third-order valence-corrected chi connectivity index (χ3v) is 10.5. The Kier molecular flexibility index (Phi) is 19.9. The van der Waals surface area contributed by atoms with Crippen molar-refractivity contribution in [1.29, 1.82) is 0 Å². The number of carbonyl (C=O) groups is 1. The van der Waals surface area contributed by atoms with Gasteiger partial charge in [-0.2, -0.15) is 12.6 Å². The Balaban J connectivity index is 0.000000702. The Morgan fingerprint density at radius 2 is 0.882 bits per heavy atom. The zero-order chi connectivity index (χ0) is 39.3. The molecule has 3 fully saturated rings. The number of aliphatic carboxylic acids is 1. The second-order valence-electron chi connectivity index (χ2n) is 15.5. The topological polar surface area (TPSA) is 121 Å². The minimum Gasteiger partial charge on any atom is -0.550 e. The average Bonchev–Trinajstić information content (AvgIpc) is 3.41. The van der Waals surface area contributed by atoms with Crippen LogP contribution in [0.4, 0.5) is 0 Å². The second kappa shape index (κ2) is 19.9. The maximum absolute atomic E-state index is 8.89. The van der Waals surface area contributed by atoms with Crippen LogP contribution >= 0.6 is 28.6 Å². The number of rotatable bonds is 2. The molecule has 0 bridgehead atoms. The number of carbonyl (C=O) groups excluding carboxylic acids is 1. The molecule has 3 aliphatic rings. The van der Waals surface area contributed by atoms with Gasteiger partial charge in [-0.05, 0) is 158 Å². The molecule has 0 spiro atoms. The minimum absolute atomic E-state index is 0. The van der Waals surface area contributed by atoms with Gasteiger partial charge in [0, 0.05) is 33.0 Å². The summed E-state index contributed by atoms with van der Waals surface area (Å²) in [4.78, 5) is 17.6. The molecular weight excluding hydrogens is 760 g/mol. The summed E-state index contributed by atoms with van der Waals surface area (Å²) in [7, 11) is -1.26. The molecule has 3 aliphatic heterocycles. The number of aromatic nitrogens is 2. The van der Waals surface area contributed by atoms with E-state index in [2.05, 4.69) is 66.2 Å². The molecule has 2 aromatic rings. The van der Waals surface area contributed by atoms with Crippen LogP contribution in [0.1, 0.15) is 113 Å². The van der Waals surface area contributed by atoms with E-state index in [0.29, 0.717) is 0 Å². The summed E-state index contributed by atoms with van der Waals surface area (Å²) >= 11 is 6.89. The van der Waals surface area contributed by atoms with Crippen molar-refractivity contribution in [3.63, 3.8) is 0 Å². The van der Waals surface area contributed by atoms with Crippen LogP contribution in [0.3, 0.4) is 0 Å². The number of thiol groups is 1. The summed E-state index contributed by atoms with van der Waals surface area (Å²) in [6.07, 6.45) is 1.69. The zero-order valence-corrected chi connectivity index (χ0v) is 40.1. The van der Waals surface area contributed by atoms with E-state index in [1.54, 1.807) is 6.26 Å². The van der Waals surface area contributed by atoms with Gasteiger partial charge in [-0.3, -0.25) is 9.97 Å². The number of aryl methyl sites for hydroxylation is 4. The largest absolute Gasteiger partial charge is 1.00 e. The van der Waals surface area contributed by atoms with Gasteiger partial charge in [0.2, 0.25) is 0 Å². The summed E-state index contributed by atoms with van der Waals surface area (Å²) in [5, 5.41) is 8.89. The third-order valence-electron chi connectivity index (χ3n) is 9.70. The fourth-order valence-corrected chi connectivity index (χ4v) is 4.81. The van der Waals surface area contributed by atoms with Gasteiger partial charge in [0.05, 0.1) is 39.3 Å². The van der Waals surface area contributed by atoms with Crippen molar-refractivity contribution < 1.29 is 89.2 Å². The fraction of sp³-hybridized carbons (Fsp3) is 0.686. The molecule has 0 aliphatic carbocycles. The van der Waals surface area contributed by atoms with Crippen molar-refractivity contribution in [2.45, 2.75) is 151 Å². The number of halogens is 1. The van der Waals surface area contributed by atoms with Gasteiger partial charge in [-0.25, -0.2) is 0 Å². The molecule has 0 saturated carbocycles. The standard InChI is InChI=1S/C13H20BNO2.C12H24B2O4.C7H8BrN.C2H4O2.CH4S.K/c1-9-7-8-11(10(2)15-9)14-16-12(3,4)13(5,6)17-14;1-9(2)10(3,4)16-13(15-9)14-17-11(5,6)12(7,8)18-14;1-5-3-4-7(8)6(2)9-5;1-2(3)4;1-2;/h7-8H,1-6H3;1-8H3;3-4H,1-2H3;1H3,(H,3,4);2H,1H3;/q;;;;;+1/p-1. The van der Waals surface area contributed by atoms with Crippen molar-refractivity contribution in [2.24, 2.45) is 0 Å². The van der Waals surface area contributed by atoms with E-state index >= 15 is 0 Å². The van der Waals surface area contributed by atoms with E-state index in [0.717, 1.165) is 39.6 Å². The van der Waals surface area contributed by atoms with Crippen LogP contribution in [-0.2, 0) is 32.7 Å². The van der Waals surface area contributed by atoms with Gasteiger partial charge in [0.15, 0.2) is 0 Å². The smallest absolute Gasteiger partial charge is 0.550 e. The van der Waals surface area contributed by atoms with E-state index in [9.17, 15) is 0 Å². The SMILES string of the molecule is CC(=O)[O-].CC1(C)OB(B2OC(C)(C)C(C)(C)O2)OC1(C)C.CS.Cc1ccc(B2OC(C)(C)C(C)(C)O2)c(C)n1.Cc1ccc(Br)c(C)n1.[K+]. The number of carboxylic acid groups (broad SMARTS) is 1. The molecule has 280 valence electrons. The number of hydrogen-bond donors (Lipinski definition) is 1. The summed E-state index contributed by atoms with van der Waals surface area (Å²) in [6, 6.07) is 8.03. The van der Waals surface area contributed by atoms with Crippen molar-refractivity contribution in [2.75, 3.05) is 6.26 Å². The Morgan fingerprint density at radius 1 is 0.608 bits per heavy atom. The normalized spacial score (nSPS) is 20.9. The molecule has 0 radical (unpaired) electrons. The van der Waals surface area contributed by atoms with E-state index in [-0.39, 0.29) is 92.1 Å². The zero-order valence-electron chi connectivity index (χ0n) is 34.5. The number of carboxylic acids is 1. The number of nitrogens with zero attached hydrogens (tertiary/aromatic N) is 2. The van der Waals surface area contributed by atoms with E-state index in [4.69, 9.17) is 37.8 Å². The van der Waals surface area contributed by atoms with Gasteiger partial charge in [0.25, 0.3) is 0 Å². The van der Waals surface area contributed by atoms with Crippen LogP contribution in [0.25, 0.3) is 0 Å². The van der Waals surface area contributed by atoms with Crippen molar-refractivity contribution >= 4 is 61.1 Å². The van der Waals surface area contributed by atoms with Gasteiger partial charge >= 0.3 is 72.5 Å². The summed E-state index contributed by atoms with van der Waals surface area (Å²) < 4.78 is 36.9. The molecule has 2 aromatic heterocycles. The fourth-order valence-electron chi connectivity index (χ4n) is 4.59. The van der Waals surface area contributed by atoms with Crippen LogP contribution in [0.5, 0.6) is 0 Å². The van der Waals surface area contributed by atoms with Crippen molar-refractivity contribution in [3.05, 3.63) is 51.5 Å². The number of hydrogen-bond acceptors (Lipinski definition) is 11. The van der Waals surface area contributed by atoms with E-state index in [1.165, 1.54) is 0 Å². The van der Waals surface area contributed by atoms with Crippen LogP contribution in [-0.4, -0.2) is 76.9 Å². The van der Waals surface area contributed by atoms with Gasteiger partial charge < -0.3 is 37.8 Å². The van der Waals surface area contributed by atoms with E-state index in [1.807, 2.05) is 107 Å². The first-order valence-electron chi connectivity index (χ1n) is 16.8. The van der Waals surface area contributed by atoms with Crippen molar-refractivity contribution in [1.82, 2.24) is 9.97 Å². The van der Waals surface area contributed by atoms with E-state index < -0.39 is 20.0 Å². The second-order valence-corrected chi connectivity index (χ2v) is 16.3. The molecule has 0 unspecified atom stereocenters. The van der Waals surface area contributed by atoms with Crippen LogP contribution in [0.2, 0.25) is 0 Å². The summed E-state index contributed by atoms with van der Waals surface area (Å²) in [5.74, 6) is -1.08. The first kappa shape index (κ1) is 51.2. The van der Waals surface area contributed by atoms with Gasteiger partial charge in [0.1, 0.15) is 0 Å². The molecule has 16 heteroatoms. The average molecular weight is 819 g/mol. The molecule has 0 N–H and O–H groups in total. The van der Waals surface area contributed by atoms with Crippen LogP contribution in [0, 0.1) is 27.7 Å². The van der Waals surface area contributed by atoms with Crippen LogP contribution < -0.4 is 62.0 Å². The molecule has 10 nitrogen and oxygen atoms in total. The maximum Gasteiger partial charge on any atom is 1.00 e. The first-order valence-corrected chi connectivity index (χ1v) is 18.5. The molecule has 51 heavy (non-hydrogen) atoms. The molecule has 0 atom stereocenters. The third kappa shape index (κ3) is 14.0. The molecular formula is C35H59B3BrKN2O8S. The predicted molar refractivity (Wildman–Crippen MR) is 209 cm³/mol. The van der Waals surface area contributed by atoms with Gasteiger partial charge in [-0.1, -0.05) is 6.07 Å². The molecule has 0 amide bonds. The van der Waals surface area contributed by atoms with Crippen LogP contribution in [0.15, 0.2) is 28.7 Å². The number of pyridine rings is 2. The Bertz CT molecular complexity index is 1360. The van der Waals surface area contributed by atoms with Gasteiger partial charge in [-0.15, -0.1) is 0 Å². The Hall–Kier alpha value is 0.191. The predicted octanol–water partition coefficient (Wildman–Crippen LogP) is 3.01. The summed E-state index contributed by atoms with van der Waals surface area (Å²) in [6.45, 7) is 33.4. The minimum atomic E-state index is -1.08. The van der Waals surface area contributed by atoms with Crippen molar-refractivity contribution in [3.8, 4) is 0 Å². The Morgan fingerprint density at radius 3 is 1.16 bits per heavy atom. The monoisotopic (exact) mass is 818 g/mol. The quantitative estimate of drug-likeness (QED) is 0.358. The summed E-state index contributed by atoms with van der Waals surface area (Å²) in [5.41, 5.74) is 3.10. The molecule has 5 rings (SSSR count). The molecule has 0 aromatic carbocycles. The maximum atomic E-state index is 8.89. The molecule has 3 saturated heterocycles. The first-order chi connectivity index (χ1) is 22.5. The Labute approximate surface area is 365 Å².